The van der Waals surface area contributed by atoms with E-state index >= 15 is 0 Å². The first-order valence-corrected chi connectivity index (χ1v) is 12.9. The minimum Gasteiger partial charge on any atom is -0.351 e. The van der Waals surface area contributed by atoms with Crippen molar-refractivity contribution in [2.45, 2.75) is 51.4 Å². The molecule has 0 atom stereocenters. The van der Waals surface area contributed by atoms with Gasteiger partial charge in [-0.15, -0.1) is 5.54 Å². The van der Waals surface area contributed by atoms with E-state index < -0.39 is 8.07 Å². The first-order valence-electron chi connectivity index (χ1n) is 9.37. The lowest BCUT2D eigenvalue weighted by molar-refractivity contribution is 0.743. The number of dihydropyridines is 1. The standard InChI is InChI=1S/C21H25N5Si/c1-27(2,3)14-12-17-9-6-10-19(24-17)18(15-22)20-11-13-23-21(26-20)25-16-7-4-5-8-16/h6,9-11,13,16,24H,4-5,7-8H2,1-3H3,(H,23,25,26)/b19-18-. The van der Waals surface area contributed by atoms with Crippen molar-refractivity contribution in [3.05, 3.63) is 47.6 Å². The normalized spacial score (nSPS) is 18.7. The summed E-state index contributed by atoms with van der Waals surface area (Å²) < 4.78 is 0. The van der Waals surface area contributed by atoms with Crippen LogP contribution in [0.5, 0.6) is 0 Å². The second kappa shape index (κ2) is 8.24. The maximum Gasteiger partial charge on any atom is 0.223 e. The molecule has 0 saturated heterocycles. The van der Waals surface area contributed by atoms with Gasteiger partial charge in [0.25, 0.3) is 0 Å². The van der Waals surface area contributed by atoms with Gasteiger partial charge < -0.3 is 10.6 Å². The van der Waals surface area contributed by atoms with E-state index in [1.54, 1.807) is 12.3 Å². The van der Waals surface area contributed by atoms with Crippen molar-refractivity contribution in [2.24, 2.45) is 0 Å². The molecule has 0 aromatic carbocycles. The van der Waals surface area contributed by atoms with Gasteiger partial charge in [0, 0.05) is 12.2 Å². The van der Waals surface area contributed by atoms with E-state index in [-0.39, 0.29) is 0 Å². The lowest BCUT2D eigenvalue weighted by atomic mass is 10.1. The van der Waals surface area contributed by atoms with E-state index in [9.17, 15) is 5.26 Å². The van der Waals surface area contributed by atoms with Gasteiger partial charge in [-0.05, 0) is 31.1 Å². The van der Waals surface area contributed by atoms with E-state index in [1.165, 1.54) is 12.8 Å². The highest BCUT2D eigenvalue weighted by molar-refractivity contribution is 6.83. The first-order chi connectivity index (χ1) is 12.9. The quantitative estimate of drug-likeness (QED) is 0.475. The molecule has 138 valence electrons. The van der Waals surface area contributed by atoms with Crippen LogP contribution in [-0.4, -0.2) is 24.1 Å². The third kappa shape index (κ3) is 5.32. The summed E-state index contributed by atoms with van der Waals surface area (Å²) in [4.78, 5) is 8.88. The van der Waals surface area contributed by atoms with Crippen molar-refractivity contribution in [3.63, 3.8) is 0 Å². The molecule has 0 amide bonds. The Hall–Kier alpha value is -2.83. The van der Waals surface area contributed by atoms with Crippen molar-refractivity contribution >= 4 is 19.6 Å². The Morgan fingerprint density at radius 2 is 2.07 bits per heavy atom. The highest BCUT2D eigenvalue weighted by Crippen LogP contribution is 2.23. The fraction of sp³-hybridized carbons (Fsp3) is 0.381. The van der Waals surface area contributed by atoms with Crippen LogP contribution in [-0.2, 0) is 0 Å². The summed E-state index contributed by atoms with van der Waals surface area (Å²) in [5, 5.41) is 16.4. The van der Waals surface area contributed by atoms with Crippen molar-refractivity contribution in [1.29, 1.82) is 5.26 Å². The zero-order chi connectivity index (χ0) is 19.3. The lowest BCUT2D eigenvalue weighted by Gasteiger charge is -2.15. The van der Waals surface area contributed by atoms with Crippen LogP contribution < -0.4 is 10.6 Å². The fourth-order valence-electron chi connectivity index (χ4n) is 3.02. The number of aromatic nitrogens is 2. The molecule has 0 unspecified atom stereocenters. The monoisotopic (exact) mass is 375 g/mol. The molecule has 2 heterocycles. The topological polar surface area (TPSA) is 73.6 Å². The van der Waals surface area contributed by atoms with Gasteiger partial charge in [0.15, 0.2) is 0 Å². The van der Waals surface area contributed by atoms with E-state index in [1.807, 2.05) is 18.2 Å². The summed E-state index contributed by atoms with van der Waals surface area (Å²) in [6, 6.07) is 4.48. The Bertz CT molecular complexity index is 897. The molecule has 1 aromatic heterocycles. The Morgan fingerprint density at radius 1 is 1.30 bits per heavy atom. The zero-order valence-electron chi connectivity index (χ0n) is 16.1. The van der Waals surface area contributed by atoms with Crippen LogP contribution in [0.1, 0.15) is 31.4 Å². The molecule has 0 radical (unpaired) electrons. The molecule has 0 bridgehead atoms. The number of hydrogen-bond acceptors (Lipinski definition) is 5. The van der Waals surface area contributed by atoms with Crippen molar-refractivity contribution in [3.8, 4) is 17.5 Å². The average molecular weight is 376 g/mol. The van der Waals surface area contributed by atoms with Crippen molar-refractivity contribution < 1.29 is 0 Å². The van der Waals surface area contributed by atoms with E-state index in [0.29, 0.717) is 29.0 Å². The fourth-order valence-corrected chi connectivity index (χ4v) is 3.53. The van der Waals surface area contributed by atoms with Crippen LogP contribution in [0.25, 0.3) is 5.57 Å². The molecule has 2 aliphatic rings. The lowest BCUT2D eigenvalue weighted by Crippen LogP contribution is -2.19. The average Bonchev–Trinajstić information content (AvgIpc) is 3.14. The third-order valence-electron chi connectivity index (χ3n) is 4.35. The Morgan fingerprint density at radius 3 is 2.78 bits per heavy atom. The highest BCUT2D eigenvalue weighted by atomic mass is 28.3. The summed E-state index contributed by atoms with van der Waals surface area (Å²) in [7, 11) is -1.46. The molecule has 27 heavy (non-hydrogen) atoms. The predicted octanol–water partition coefficient (Wildman–Crippen LogP) is 3.99. The van der Waals surface area contributed by atoms with Gasteiger partial charge in [-0.2, -0.15) is 5.26 Å². The van der Waals surface area contributed by atoms with Gasteiger partial charge in [-0.3, -0.25) is 0 Å². The van der Waals surface area contributed by atoms with Crippen LogP contribution in [0.2, 0.25) is 19.6 Å². The molecule has 5 nitrogen and oxygen atoms in total. The maximum atomic E-state index is 9.74. The number of nitrogens with zero attached hydrogens (tertiary/aromatic N) is 3. The van der Waals surface area contributed by atoms with Crippen LogP contribution in [0.3, 0.4) is 0 Å². The van der Waals surface area contributed by atoms with Gasteiger partial charge in [0.1, 0.15) is 19.7 Å². The molecule has 3 rings (SSSR count). The summed E-state index contributed by atoms with van der Waals surface area (Å²) in [5.74, 6) is 3.79. The first kappa shape index (κ1) is 18.9. The van der Waals surface area contributed by atoms with Gasteiger partial charge in [-0.25, -0.2) is 9.97 Å². The molecule has 6 heteroatoms. The van der Waals surface area contributed by atoms with Crippen molar-refractivity contribution in [1.82, 2.24) is 15.3 Å². The smallest absolute Gasteiger partial charge is 0.223 e. The molecular formula is C21H25N5Si. The van der Waals surface area contributed by atoms with Crippen LogP contribution in [0.4, 0.5) is 5.95 Å². The Balaban J connectivity index is 1.84. The SMILES string of the molecule is C[Si](C)(C)C#CC1=CC=C/C(=C(\C#N)c2ccnc(NC3CCCC3)n2)N1. The van der Waals surface area contributed by atoms with Crippen molar-refractivity contribution in [2.75, 3.05) is 5.32 Å². The number of allylic oxidation sites excluding steroid dienone is 5. The van der Waals surface area contributed by atoms with Crippen LogP contribution in [0, 0.1) is 22.8 Å². The minimum atomic E-state index is -1.46. The molecular weight excluding hydrogens is 350 g/mol. The minimum absolute atomic E-state index is 0.428. The van der Waals surface area contributed by atoms with Gasteiger partial charge >= 0.3 is 0 Å². The molecule has 1 aliphatic carbocycles. The molecule has 1 fully saturated rings. The van der Waals surface area contributed by atoms with Crippen LogP contribution in [0.15, 0.2) is 41.9 Å². The second-order valence-electron chi connectivity index (χ2n) is 7.86. The molecule has 1 saturated carbocycles. The number of anilines is 1. The van der Waals surface area contributed by atoms with Gasteiger partial charge in [-0.1, -0.05) is 44.5 Å². The zero-order valence-corrected chi connectivity index (χ0v) is 17.1. The highest BCUT2D eigenvalue weighted by Gasteiger charge is 2.17. The second-order valence-corrected chi connectivity index (χ2v) is 12.6. The van der Waals surface area contributed by atoms with E-state index in [0.717, 1.165) is 18.5 Å². The summed E-state index contributed by atoms with van der Waals surface area (Å²) >= 11 is 0. The Kier molecular flexibility index (Phi) is 5.78. The predicted molar refractivity (Wildman–Crippen MR) is 112 cm³/mol. The Labute approximate surface area is 162 Å². The molecule has 1 aromatic rings. The number of nitriles is 1. The van der Waals surface area contributed by atoms with Gasteiger partial charge in [0.05, 0.1) is 17.1 Å². The van der Waals surface area contributed by atoms with Gasteiger partial charge in [0.2, 0.25) is 5.95 Å². The summed E-state index contributed by atoms with van der Waals surface area (Å²) in [5.41, 5.74) is 5.96. The largest absolute Gasteiger partial charge is 0.351 e. The molecule has 1 aliphatic heterocycles. The number of rotatable bonds is 3. The van der Waals surface area contributed by atoms with Crippen LogP contribution >= 0.6 is 0 Å². The third-order valence-corrected chi connectivity index (χ3v) is 5.22. The summed E-state index contributed by atoms with van der Waals surface area (Å²) in [6.07, 6.45) is 12.2. The molecule has 2 N–H and O–H groups in total. The van der Waals surface area contributed by atoms with E-state index in [4.69, 9.17) is 0 Å². The number of hydrogen-bond donors (Lipinski definition) is 2. The molecule has 0 spiro atoms. The maximum absolute atomic E-state index is 9.74. The van der Waals surface area contributed by atoms with E-state index in [2.05, 4.69) is 57.8 Å². The summed E-state index contributed by atoms with van der Waals surface area (Å²) in [6.45, 7) is 6.61. The number of nitrogens with one attached hydrogen (secondary N) is 2.